The highest BCUT2D eigenvalue weighted by molar-refractivity contribution is 5.41. The van der Waals surface area contributed by atoms with Gasteiger partial charge in [-0.1, -0.05) is 44.9 Å². The first-order valence-corrected chi connectivity index (χ1v) is 5.40. The number of hydrogen-bond acceptors (Lipinski definition) is 2. The van der Waals surface area contributed by atoms with Crippen LogP contribution in [0.15, 0.2) is 24.3 Å². The summed E-state index contributed by atoms with van der Waals surface area (Å²) in [6.07, 6.45) is 3.26. The number of benzene rings is 1. The number of para-hydroxylation sites is 1. The van der Waals surface area contributed by atoms with Crippen molar-refractivity contribution in [3.05, 3.63) is 39.9 Å². The molecule has 82 valence electrons. The number of unbranched alkanes of at least 4 members (excludes halogenated alkanes) is 1. The van der Waals surface area contributed by atoms with Gasteiger partial charge < -0.3 is 0 Å². The highest BCUT2D eigenvalue weighted by Crippen LogP contribution is 2.29. The first-order chi connectivity index (χ1) is 7.16. The highest BCUT2D eigenvalue weighted by Gasteiger charge is 2.17. The summed E-state index contributed by atoms with van der Waals surface area (Å²) in [5.74, 6) is 0.270. The lowest BCUT2D eigenvalue weighted by molar-refractivity contribution is -0.385. The largest absolute Gasteiger partial charge is 0.272 e. The number of nitro benzene ring substituents is 1. The summed E-state index contributed by atoms with van der Waals surface area (Å²) in [5.41, 5.74) is 1.11. The molecule has 0 saturated carbocycles. The minimum atomic E-state index is -0.294. The molecule has 1 rings (SSSR count). The van der Waals surface area contributed by atoms with Crippen molar-refractivity contribution in [2.24, 2.45) is 0 Å². The van der Waals surface area contributed by atoms with Crippen LogP contribution < -0.4 is 0 Å². The van der Waals surface area contributed by atoms with Crippen molar-refractivity contribution in [2.45, 2.75) is 39.0 Å². The lowest BCUT2D eigenvalue weighted by atomic mass is 9.94. The Labute approximate surface area is 90.3 Å². The van der Waals surface area contributed by atoms with Crippen LogP contribution in [-0.2, 0) is 0 Å². The molecule has 0 N–H and O–H groups in total. The zero-order valence-electron chi connectivity index (χ0n) is 9.27. The first kappa shape index (κ1) is 11.7. The van der Waals surface area contributed by atoms with E-state index >= 15 is 0 Å². The topological polar surface area (TPSA) is 43.1 Å². The van der Waals surface area contributed by atoms with E-state index in [1.54, 1.807) is 12.1 Å². The lowest BCUT2D eigenvalue weighted by Crippen LogP contribution is -1.99. The summed E-state index contributed by atoms with van der Waals surface area (Å²) >= 11 is 0. The summed E-state index contributed by atoms with van der Waals surface area (Å²) in [6, 6.07) is 7.02. The highest BCUT2D eigenvalue weighted by atomic mass is 16.6. The molecule has 3 heteroatoms. The van der Waals surface area contributed by atoms with Crippen molar-refractivity contribution in [3.63, 3.8) is 0 Å². The van der Waals surface area contributed by atoms with Gasteiger partial charge >= 0.3 is 0 Å². The molecule has 0 saturated heterocycles. The summed E-state index contributed by atoms with van der Waals surface area (Å²) < 4.78 is 0. The van der Waals surface area contributed by atoms with E-state index in [2.05, 4.69) is 13.8 Å². The molecule has 0 aliphatic heterocycles. The van der Waals surface area contributed by atoms with E-state index < -0.39 is 0 Å². The molecule has 0 aromatic heterocycles. The number of rotatable bonds is 5. The fourth-order valence-corrected chi connectivity index (χ4v) is 1.74. The van der Waals surface area contributed by atoms with Crippen LogP contribution >= 0.6 is 0 Å². The lowest BCUT2D eigenvalue weighted by Gasteiger charge is -2.10. The normalized spacial score (nSPS) is 12.4. The van der Waals surface area contributed by atoms with Crippen LogP contribution in [0.2, 0.25) is 0 Å². The molecule has 3 nitrogen and oxygen atoms in total. The third kappa shape index (κ3) is 3.05. The Morgan fingerprint density at radius 3 is 2.67 bits per heavy atom. The maximum atomic E-state index is 10.8. The van der Waals surface area contributed by atoms with Gasteiger partial charge in [0.15, 0.2) is 0 Å². The third-order valence-electron chi connectivity index (χ3n) is 2.66. The van der Waals surface area contributed by atoms with Crippen LogP contribution in [0.3, 0.4) is 0 Å². The van der Waals surface area contributed by atoms with E-state index in [1.807, 2.05) is 12.1 Å². The van der Waals surface area contributed by atoms with Gasteiger partial charge in [0.25, 0.3) is 5.69 Å². The van der Waals surface area contributed by atoms with E-state index in [0.717, 1.165) is 24.8 Å². The SMILES string of the molecule is CCCCC(C)c1ccccc1[N+](=O)[O-]. The monoisotopic (exact) mass is 207 g/mol. The molecule has 1 aromatic rings. The van der Waals surface area contributed by atoms with Gasteiger partial charge in [0.1, 0.15) is 0 Å². The van der Waals surface area contributed by atoms with Crippen molar-refractivity contribution in [3.8, 4) is 0 Å². The Bertz CT molecular complexity index is 336. The van der Waals surface area contributed by atoms with Gasteiger partial charge in [0.2, 0.25) is 0 Å². The van der Waals surface area contributed by atoms with Crippen molar-refractivity contribution in [1.82, 2.24) is 0 Å². The Morgan fingerprint density at radius 2 is 2.07 bits per heavy atom. The molecule has 0 aliphatic carbocycles. The van der Waals surface area contributed by atoms with Crippen molar-refractivity contribution < 1.29 is 4.92 Å². The Hall–Kier alpha value is -1.38. The minimum Gasteiger partial charge on any atom is -0.258 e. The zero-order valence-corrected chi connectivity index (χ0v) is 9.27. The van der Waals surface area contributed by atoms with Gasteiger partial charge in [-0.25, -0.2) is 0 Å². The van der Waals surface area contributed by atoms with Crippen molar-refractivity contribution in [1.29, 1.82) is 0 Å². The predicted octanol–water partition coefficient (Wildman–Crippen LogP) is 3.89. The van der Waals surface area contributed by atoms with Crippen LogP contribution in [-0.4, -0.2) is 4.92 Å². The van der Waals surface area contributed by atoms with Gasteiger partial charge in [-0.3, -0.25) is 10.1 Å². The maximum Gasteiger partial charge on any atom is 0.272 e. The van der Waals surface area contributed by atoms with Gasteiger partial charge in [-0.2, -0.15) is 0 Å². The Kier molecular flexibility index (Phi) is 4.28. The van der Waals surface area contributed by atoms with E-state index in [0.29, 0.717) is 0 Å². The Morgan fingerprint density at radius 1 is 1.40 bits per heavy atom. The van der Waals surface area contributed by atoms with E-state index in [9.17, 15) is 10.1 Å². The van der Waals surface area contributed by atoms with Crippen molar-refractivity contribution >= 4 is 5.69 Å². The van der Waals surface area contributed by atoms with Crippen LogP contribution in [0, 0.1) is 10.1 Å². The zero-order chi connectivity index (χ0) is 11.3. The van der Waals surface area contributed by atoms with Crippen molar-refractivity contribution in [2.75, 3.05) is 0 Å². The van der Waals surface area contributed by atoms with Gasteiger partial charge in [0, 0.05) is 11.6 Å². The van der Waals surface area contributed by atoms with E-state index in [-0.39, 0.29) is 16.5 Å². The predicted molar refractivity (Wildman–Crippen MR) is 61.0 cm³/mol. The minimum absolute atomic E-state index is 0.251. The second-order valence-electron chi connectivity index (χ2n) is 3.86. The smallest absolute Gasteiger partial charge is 0.258 e. The van der Waals surface area contributed by atoms with Crippen LogP contribution in [0.4, 0.5) is 5.69 Å². The standard InChI is InChI=1S/C12H17NO2/c1-3-4-7-10(2)11-8-5-6-9-12(11)13(14)15/h5-6,8-10H,3-4,7H2,1-2H3. The molecule has 1 atom stereocenters. The van der Waals surface area contributed by atoms with E-state index in [4.69, 9.17) is 0 Å². The fourth-order valence-electron chi connectivity index (χ4n) is 1.74. The van der Waals surface area contributed by atoms with E-state index in [1.165, 1.54) is 0 Å². The Balaban J connectivity index is 2.87. The molecule has 1 unspecified atom stereocenters. The summed E-state index contributed by atoms with van der Waals surface area (Å²) in [6.45, 7) is 4.18. The first-order valence-electron chi connectivity index (χ1n) is 5.40. The number of nitrogens with zero attached hydrogens (tertiary/aromatic N) is 1. The molecular formula is C12H17NO2. The number of hydrogen-bond donors (Lipinski definition) is 0. The third-order valence-corrected chi connectivity index (χ3v) is 2.66. The van der Waals surface area contributed by atoms with Crippen LogP contribution in [0.25, 0.3) is 0 Å². The molecule has 15 heavy (non-hydrogen) atoms. The molecule has 0 fully saturated rings. The van der Waals surface area contributed by atoms with Gasteiger partial charge in [0.05, 0.1) is 4.92 Å². The number of nitro groups is 1. The summed E-state index contributed by atoms with van der Waals surface area (Å²) in [7, 11) is 0. The second kappa shape index (κ2) is 5.49. The molecule has 0 radical (unpaired) electrons. The molecule has 0 bridgehead atoms. The van der Waals surface area contributed by atoms with Gasteiger partial charge in [-0.05, 0) is 12.3 Å². The quantitative estimate of drug-likeness (QED) is 0.543. The van der Waals surface area contributed by atoms with Gasteiger partial charge in [-0.15, -0.1) is 0 Å². The molecule has 0 amide bonds. The molecule has 0 aliphatic rings. The molecule has 0 spiro atoms. The summed E-state index contributed by atoms with van der Waals surface area (Å²) in [5, 5.41) is 10.8. The molecular weight excluding hydrogens is 190 g/mol. The van der Waals surface area contributed by atoms with Crippen LogP contribution in [0.1, 0.15) is 44.6 Å². The molecule has 1 aromatic carbocycles. The maximum absolute atomic E-state index is 10.8. The average Bonchev–Trinajstić information content (AvgIpc) is 2.25. The fraction of sp³-hybridized carbons (Fsp3) is 0.500. The average molecular weight is 207 g/mol. The molecule has 0 heterocycles. The van der Waals surface area contributed by atoms with Crippen LogP contribution in [0.5, 0.6) is 0 Å². The second-order valence-corrected chi connectivity index (χ2v) is 3.86. The summed E-state index contributed by atoms with van der Waals surface area (Å²) in [4.78, 5) is 10.5.